The van der Waals surface area contributed by atoms with Gasteiger partial charge in [-0.3, -0.25) is 14.8 Å². The second kappa shape index (κ2) is 7.95. The lowest BCUT2D eigenvalue weighted by Gasteiger charge is -2.14. The number of para-hydroxylation sites is 1. The van der Waals surface area contributed by atoms with Crippen LogP contribution in [-0.2, 0) is 10.0 Å². The van der Waals surface area contributed by atoms with E-state index in [9.17, 15) is 18.5 Å². The minimum absolute atomic E-state index is 0.189. The van der Waals surface area contributed by atoms with Crippen molar-refractivity contribution in [3.63, 3.8) is 0 Å². The van der Waals surface area contributed by atoms with Crippen molar-refractivity contribution in [2.45, 2.75) is 24.8 Å². The molecule has 2 aromatic carbocycles. The summed E-state index contributed by atoms with van der Waals surface area (Å²) >= 11 is 1.49. The van der Waals surface area contributed by atoms with Gasteiger partial charge in [-0.2, -0.15) is 0 Å². The normalized spacial score (nSPS) is 12.4. The van der Waals surface area contributed by atoms with Crippen LogP contribution in [0.25, 0.3) is 0 Å². The molecule has 10 heteroatoms. The number of hydrogen-bond acceptors (Lipinski definition) is 7. The number of nitro benzene ring substituents is 1. The molecule has 0 aliphatic carbocycles. The molecule has 0 saturated carbocycles. The van der Waals surface area contributed by atoms with Gasteiger partial charge in [-0.25, -0.2) is 13.4 Å². The van der Waals surface area contributed by atoms with E-state index in [1.165, 1.54) is 23.5 Å². The van der Waals surface area contributed by atoms with E-state index in [0.29, 0.717) is 5.69 Å². The molecule has 1 atom stereocenters. The quantitative estimate of drug-likeness (QED) is 0.436. The number of benzene rings is 2. The molecule has 146 valence electrons. The van der Waals surface area contributed by atoms with Crippen molar-refractivity contribution in [3.05, 3.63) is 74.7 Å². The Morgan fingerprint density at radius 2 is 1.89 bits per heavy atom. The van der Waals surface area contributed by atoms with E-state index in [-0.39, 0.29) is 22.3 Å². The second-order valence-electron chi connectivity index (χ2n) is 6.08. The van der Waals surface area contributed by atoms with Crippen molar-refractivity contribution in [1.29, 1.82) is 0 Å². The lowest BCUT2D eigenvalue weighted by molar-refractivity contribution is -0.384. The maximum atomic E-state index is 12.6. The molecule has 3 aromatic rings. The number of nitrogens with one attached hydrogen (secondary N) is 2. The third-order valence-electron chi connectivity index (χ3n) is 3.88. The number of thiazole rings is 1. The number of nitro groups is 1. The number of rotatable bonds is 7. The number of aromatic nitrogens is 1. The van der Waals surface area contributed by atoms with E-state index in [4.69, 9.17) is 0 Å². The Kier molecular flexibility index (Phi) is 5.61. The van der Waals surface area contributed by atoms with Crippen molar-refractivity contribution >= 4 is 38.4 Å². The van der Waals surface area contributed by atoms with Crippen LogP contribution < -0.4 is 10.0 Å². The smallest absolute Gasteiger partial charge is 0.293 e. The number of nitrogens with zero attached hydrogens (tertiary/aromatic N) is 2. The van der Waals surface area contributed by atoms with E-state index >= 15 is 0 Å². The van der Waals surface area contributed by atoms with Crippen molar-refractivity contribution in [3.8, 4) is 0 Å². The summed E-state index contributed by atoms with van der Waals surface area (Å²) in [7, 11) is -3.96. The summed E-state index contributed by atoms with van der Waals surface area (Å²) in [6.45, 7) is 3.76. The molecule has 3 rings (SSSR count). The van der Waals surface area contributed by atoms with Gasteiger partial charge in [0, 0.05) is 22.8 Å². The molecule has 0 radical (unpaired) electrons. The zero-order chi connectivity index (χ0) is 20.3. The van der Waals surface area contributed by atoms with Gasteiger partial charge < -0.3 is 5.32 Å². The van der Waals surface area contributed by atoms with Gasteiger partial charge in [0.05, 0.1) is 15.9 Å². The maximum Gasteiger partial charge on any atom is 0.293 e. The Labute approximate surface area is 166 Å². The van der Waals surface area contributed by atoms with Gasteiger partial charge >= 0.3 is 0 Å². The van der Waals surface area contributed by atoms with E-state index < -0.39 is 14.9 Å². The highest BCUT2D eigenvalue weighted by Crippen LogP contribution is 2.32. The highest BCUT2D eigenvalue weighted by atomic mass is 32.2. The van der Waals surface area contributed by atoms with Gasteiger partial charge in [-0.1, -0.05) is 18.2 Å². The lowest BCUT2D eigenvalue weighted by Crippen LogP contribution is -2.14. The van der Waals surface area contributed by atoms with Gasteiger partial charge in [-0.05, 0) is 38.1 Å². The molecule has 1 aromatic heterocycles. The zero-order valence-corrected chi connectivity index (χ0v) is 16.8. The summed E-state index contributed by atoms with van der Waals surface area (Å²) in [4.78, 5) is 16.0. The van der Waals surface area contributed by atoms with E-state index in [1.54, 1.807) is 36.5 Å². The fraction of sp³-hybridized carbons (Fsp3) is 0.167. The molecule has 1 unspecified atom stereocenters. The predicted molar refractivity (Wildman–Crippen MR) is 109 cm³/mol. The van der Waals surface area contributed by atoms with Crippen LogP contribution in [0, 0.1) is 17.0 Å². The molecule has 0 spiro atoms. The van der Waals surface area contributed by atoms with Crippen LogP contribution in [-0.4, -0.2) is 18.3 Å². The van der Waals surface area contributed by atoms with Crippen LogP contribution in [0.1, 0.15) is 22.9 Å². The molecule has 1 heterocycles. The minimum atomic E-state index is -3.96. The van der Waals surface area contributed by atoms with Crippen molar-refractivity contribution < 1.29 is 13.3 Å². The largest absolute Gasteiger partial charge is 0.371 e. The SMILES string of the molecule is Cc1cnc(C(C)Nc2ccc(S(=O)(=O)Nc3ccccc3)cc2[N+](=O)[O-])s1. The minimum Gasteiger partial charge on any atom is -0.371 e. The molecule has 0 bridgehead atoms. The summed E-state index contributed by atoms with van der Waals surface area (Å²) in [5, 5.41) is 15.3. The first-order chi connectivity index (χ1) is 13.3. The molecule has 2 N–H and O–H groups in total. The highest BCUT2D eigenvalue weighted by Gasteiger charge is 2.23. The van der Waals surface area contributed by atoms with Crippen molar-refractivity contribution in [2.24, 2.45) is 0 Å². The monoisotopic (exact) mass is 418 g/mol. The average Bonchev–Trinajstić information content (AvgIpc) is 3.08. The lowest BCUT2D eigenvalue weighted by atomic mass is 10.2. The average molecular weight is 419 g/mol. The molecule has 28 heavy (non-hydrogen) atoms. The van der Waals surface area contributed by atoms with Crippen LogP contribution in [0.5, 0.6) is 0 Å². The van der Waals surface area contributed by atoms with E-state index in [0.717, 1.165) is 16.0 Å². The third-order valence-corrected chi connectivity index (χ3v) is 6.36. The first-order valence-electron chi connectivity index (χ1n) is 8.31. The van der Waals surface area contributed by atoms with Crippen LogP contribution >= 0.6 is 11.3 Å². The summed E-state index contributed by atoms with van der Waals surface area (Å²) in [6, 6.07) is 11.8. The summed E-state index contributed by atoms with van der Waals surface area (Å²) in [5.41, 5.74) is 0.278. The Balaban J connectivity index is 1.89. The van der Waals surface area contributed by atoms with Crippen molar-refractivity contribution in [1.82, 2.24) is 4.98 Å². The highest BCUT2D eigenvalue weighted by molar-refractivity contribution is 7.92. The Bertz CT molecular complexity index is 1100. The topological polar surface area (TPSA) is 114 Å². The summed E-state index contributed by atoms with van der Waals surface area (Å²) in [5.74, 6) is 0. The molecule has 0 amide bonds. The predicted octanol–water partition coefficient (Wildman–Crippen LogP) is 4.33. The Morgan fingerprint density at radius 1 is 1.18 bits per heavy atom. The first kappa shape index (κ1) is 19.8. The zero-order valence-electron chi connectivity index (χ0n) is 15.1. The third kappa shape index (κ3) is 4.46. The fourth-order valence-corrected chi connectivity index (χ4v) is 4.39. The van der Waals surface area contributed by atoms with E-state index in [2.05, 4.69) is 15.0 Å². The van der Waals surface area contributed by atoms with Crippen LogP contribution in [0.4, 0.5) is 17.1 Å². The fourth-order valence-electron chi connectivity index (χ4n) is 2.54. The molecule has 8 nitrogen and oxygen atoms in total. The van der Waals surface area contributed by atoms with Gasteiger partial charge in [-0.15, -0.1) is 11.3 Å². The Morgan fingerprint density at radius 3 is 2.50 bits per heavy atom. The molecule has 0 saturated heterocycles. The van der Waals surface area contributed by atoms with Gasteiger partial charge in [0.1, 0.15) is 10.7 Å². The molecule has 0 fully saturated rings. The molecule has 0 aliphatic rings. The van der Waals surface area contributed by atoms with E-state index in [1.807, 2.05) is 13.8 Å². The molecular formula is C18H18N4O4S2. The van der Waals surface area contributed by atoms with Crippen LogP contribution in [0.15, 0.2) is 59.6 Å². The molecule has 0 aliphatic heterocycles. The van der Waals surface area contributed by atoms with Gasteiger partial charge in [0.15, 0.2) is 0 Å². The number of sulfonamides is 1. The van der Waals surface area contributed by atoms with Gasteiger partial charge in [0.2, 0.25) is 0 Å². The first-order valence-corrected chi connectivity index (χ1v) is 10.6. The second-order valence-corrected chi connectivity index (χ2v) is 9.03. The number of anilines is 2. The Hall–Kier alpha value is -2.98. The summed E-state index contributed by atoms with van der Waals surface area (Å²) in [6.07, 6.45) is 1.73. The number of hydrogen-bond donors (Lipinski definition) is 2. The maximum absolute atomic E-state index is 12.6. The standard InChI is InChI=1S/C18H18N4O4S2/c1-12-11-19-18(27-12)13(2)20-16-9-8-15(10-17(16)22(23)24)28(25,26)21-14-6-4-3-5-7-14/h3-11,13,20-21H,1-2H3. The number of aryl methyl sites for hydroxylation is 1. The summed E-state index contributed by atoms with van der Waals surface area (Å²) < 4.78 is 27.6. The van der Waals surface area contributed by atoms with Crippen LogP contribution in [0.3, 0.4) is 0 Å². The molecular weight excluding hydrogens is 400 g/mol. The van der Waals surface area contributed by atoms with Crippen LogP contribution in [0.2, 0.25) is 0 Å². The van der Waals surface area contributed by atoms with Crippen molar-refractivity contribution in [2.75, 3.05) is 10.0 Å². The van der Waals surface area contributed by atoms with Gasteiger partial charge in [0.25, 0.3) is 15.7 Å².